The van der Waals surface area contributed by atoms with Gasteiger partial charge in [0.1, 0.15) is 17.6 Å². The Hall–Kier alpha value is -3.82. The molecule has 9 heteroatoms. The van der Waals surface area contributed by atoms with E-state index in [9.17, 15) is 14.7 Å². The summed E-state index contributed by atoms with van der Waals surface area (Å²) in [5.74, 6) is 0.155. The molecule has 0 aliphatic carbocycles. The van der Waals surface area contributed by atoms with Crippen LogP contribution in [0.4, 0.5) is 5.82 Å². The highest BCUT2D eigenvalue weighted by Gasteiger charge is 2.36. The van der Waals surface area contributed by atoms with E-state index in [1.54, 1.807) is 13.1 Å². The number of aliphatic hydroxyl groups excluding tert-OH is 1. The highest BCUT2D eigenvalue weighted by Crippen LogP contribution is 2.28. The van der Waals surface area contributed by atoms with Crippen LogP contribution in [-0.2, 0) is 16.1 Å². The smallest absolute Gasteiger partial charge is 0.273 e. The molecule has 38 heavy (non-hydrogen) atoms. The number of hydrogen-bond donors (Lipinski definition) is 3. The number of ether oxygens (including phenoxy) is 1. The molecular formula is C29H33N5O4. The van der Waals surface area contributed by atoms with Gasteiger partial charge in [-0.15, -0.1) is 0 Å². The zero-order valence-electron chi connectivity index (χ0n) is 21.7. The molecule has 9 nitrogen and oxygen atoms in total. The molecule has 5 rings (SSSR count). The second-order valence-corrected chi connectivity index (χ2v) is 9.93. The highest BCUT2D eigenvalue weighted by atomic mass is 16.5. The molecule has 0 radical (unpaired) electrons. The number of rotatable bonds is 8. The summed E-state index contributed by atoms with van der Waals surface area (Å²) in [6, 6.07) is 14.3. The van der Waals surface area contributed by atoms with Crippen LogP contribution in [0.1, 0.15) is 53.0 Å². The standard InChI is InChI=1S/C29H33N5O4/c1-18-4-3-5-20(14-18)25(17-35)33-28(36)19(2)34-16-22-6-7-24(32-27(22)29(34)37)21-8-11-30-26(15-21)31-23-9-12-38-13-10-23/h3-8,11,14-15,19,23,25,35H,9-10,12-13,16-17H2,1-2H3,(H,30,31)(H,33,36)/t19?,25-/m1/s1. The molecule has 1 unspecified atom stereocenters. The van der Waals surface area contributed by atoms with Gasteiger partial charge in [0.05, 0.1) is 18.3 Å². The minimum Gasteiger partial charge on any atom is -0.394 e. The molecule has 2 aliphatic rings. The molecule has 2 aliphatic heterocycles. The molecule has 1 aromatic carbocycles. The zero-order chi connectivity index (χ0) is 26.6. The molecule has 1 fully saturated rings. The fourth-order valence-electron chi connectivity index (χ4n) is 4.94. The summed E-state index contributed by atoms with van der Waals surface area (Å²) in [6.07, 6.45) is 3.60. The largest absolute Gasteiger partial charge is 0.394 e. The maximum Gasteiger partial charge on any atom is 0.273 e. The van der Waals surface area contributed by atoms with E-state index < -0.39 is 12.1 Å². The first kappa shape index (κ1) is 25.8. The average Bonchev–Trinajstić information content (AvgIpc) is 3.27. The maximum absolute atomic E-state index is 13.3. The molecule has 3 aromatic rings. The number of hydrogen-bond acceptors (Lipinski definition) is 7. The van der Waals surface area contributed by atoms with Crippen LogP contribution in [0.15, 0.2) is 54.7 Å². The molecule has 0 saturated carbocycles. The van der Waals surface area contributed by atoms with Crippen LogP contribution in [0.5, 0.6) is 0 Å². The molecule has 1 saturated heterocycles. The van der Waals surface area contributed by atoms with Crippen molar-refractivity contribution in [2.75, 3.05) is 25.1 Å². The first-order chi connectivity index (χ1) is 18.4. The number of pyridine rings is 2. The number of aromatic nitrogens is 2. The summed E-state index contributed by atoms with van der Waals surface area (Å²) < 4.78 is 5.43. The van der Waals surface area contributed by atoms with Crippen LogP contribution < -0.4 is 10.6 Å². The lowest BCUT2D eigenvalue weighted by molar-refractivity contribution is -0.126. The van der Waals surface area contributed by atoms with Gasteiger partial charge in [0.2, 0.25) is 5.91 Å². The molecule has 198 valence electrons. The minimum atomic E-state index is -0.727. The number of benzene rings is 1. The molecule has 2 amide bonds. The summed E-state index contributed by atoms with van der Waals surface area (Å²) in [5, 5.41) is 16.2. The van der Waals surface area contributed by atoms with Crippen LogP contribution in [0, 0.1) is 6.92 Å². The summed E-state index contributed by atoms with van der Waals surface area (Å²) in [5.41, 5.74) is 4.53. The summed E-state index contributed by atoms with van der Waals surface area (Å²) in [4.78, 5) is 37.1. The average molecular weight is 516 g/mol. The Morgan fingerprint density at radius 2 is 2.00 bits per heavy atom. The van der Waals surface area contributed by atoms with Gasteiger partial charge in [0.15, 0.2) is 0 Å². The third-order valence-electron chi connectivity index (χ3n) is 7.20. The lowest BCUT2D eigenvalue weighted by atomic mass is 10.0. The van der Waals surface area contributed by atoms with Gasteiger partial charge in [-0.05, 0) is 50.5 Å². The van der Waals surface area contributed by atoms with Crippen molar-refractivity contribution >= 4 is 17.6 Å². The molecule has 0 spiro atoms. The quantitative estimate of drug-likeness (QED) is 0.422. The van der Waals surface area contributed by atoms with Crippen molar-refractivity contribution in [1.82, 2.24) is 20.2 Å². The molecule has 4 heterocycles. The number of nitrogens with zero attached hydrogens (tertiary/aromatic N) is 3. The van der Waals surface area contributed by atoms with E-state index in [0.717, 1.165) is 54.1 Å². The van der Waals surface area contributed by atoms with E-state index in [-0.39, 0.29) is 18.4 Å². The van der Waals surface area contributed by atoms with E-state index in [1.807, 2.05) is 55.5 Å². The number of carbonyl (C=O) groups is 2. The van der Waals surface area contributed by atoms with Gasteiger partial charge in [0, 0.05) is 43.1 Å². The molecule has 3 N–H and O–H groups in total. The third kappa shape index (κ3) is 5.54. The van der Waals surface area contributed by atoms with E-state index >= 15 is 0 Å². The zero-order valence-corrected chi connectivity index (χ0v) is 21.7. The fraction of sp³-hybridized carbons (Fsp3) is 0.379. The molecular weight excluding hydrogens is 482 g/mol. The molecule has 0 bridgehead atoms. The van der Waals surface area contributed by atoms with Crippen LogP contribution >= 0.6 is 0 Å². The lowest BCUT2D eigenvalue weighted by Gasteiger charge is -2.26. The van der Waals surface area contributed by atoms with E-state index in [4.69, 9.17) is 4.74 Å². The first-order valence-electron chi connectivity index (χ1n) is 13.0. The third-order valence-corrected chi connectivity index (χ3v) is 7.20. The number of fused-ring (bicyclic) bond motifs is 1. The minimum absolute atomic E-state index is 0.238. The monoisotopic (exact) mass is 515 g/mol. The lowest BCUT2D eigenvalue weighted by Crippen LogP contribution is -2.46. The van der Waals surface area contributed by atoms with E-state index in [1.165, 1.54) is 4.90 Å². The Labute approximate surface area is 222 Å². The number of amides is 2. The van der Waals surface area contributed by atoms with Gasteiger partial charge < -0.3 is 25.4 Å². The Morgan fingerprint density at radius 3 is 2.76 bits per heavy atom. The second kappa shape index (κ2) is 11.3. The Kier molecular flexibility index (Phi) is 7.67. The number of aryl methyl sites for hydroxylation is 1. The van der Waals surface area contributed by atoms with Gasteiger partial charge in [-0.25, -0.2) is 9.97 Å². The summed E-state index contributed by atoms with van der Waals surface area (Å²) in [7, 11) is 0. The summed E-state index contributed by atoms with van der Waals surface area (Å²) in [6.45, 7) is 5.20. The van der Waals surface area contributed by atoms with Crippen molar-refractivity contribution in [3.8, 4) is 11.3 Å². The van der Waals surface area contributed by atoms with Crippen molar-refractivity contribution < 1.29 is 19.4 Å². The molecule has 2 aromatic heterocycles. The number of aliphatic hydroxyl groups is 1. The van der Waals surface area contributed by atoms with Crippen LogP contribution in [0.3, 0.4) is 0 Å². The number of nitrogens with one attached hydrogen (secondary N) is 2. The number of anilines is 1. The predicted octanol–water partition coefficient (Wildman–Crippen LogP) is 3.24. The SMILES string of the molecule is Cc1cccc([C@@H](CO)NC(=O)C(C)N2Cc3ccc(-c4ccnc(NC5CCOCC5)c4)nc3C2=O)c1. The normalized spacial score (nSPS) is 17.1. The van der Waals surface area contributed by atoms with Gasteiger partial charge in [-0.3, -0.25) is 9.59 Å². The van der Waals surface area contributed by atoms with Crippen molar-refractivity contribution in [3.05, 3.63) is 77.1 Å². The predicted molar refractivity (Wildman–Crippen MR) is 143 cm³/mol. The van der Waals surface area contributed by atoms with Gasteiger partial charge in [0.25, 0.3) is 5.91 Å². The van der Waals surface area contributed by atoms with Crippen LogP contribution in [-0.4, -0.2) is 63.7 Å². The van der Waals surface area contributed by atoms with Crippen LogP contribution in [0.25, 0.3) is 11.3 Å². The van der Waals surface area contributed by atoms with Gasteiger partial charge >= 0.3 is 0 Å². The summed E-state index contributed by atoms with van der Waals surface area (Å²) >= 11 is 0. The van der Waals surface area contributed by atoms with Crippen molar-refractivity contribution in [1.29, 1.82) is 0 Å². The van der Waals surface area contributed by atoms with Gasteiger partial charge in [-0.2, -0.15) is 0 Å². The van der Waals surface area contributed by atoms with Crippen molar-refractivity contribution in [2.24, 2.45) is 0 Å². The first-order valence-corrected chi connectivity index (χ1v) is 13.0. The van der Waals surface area contributed by atoms with Crippen molar-refractivity contribution in [2.45, 2.75) is 51.4 Å². The van der Waals surface area contributed by atoms with E-state index in [2.05, 4.69) is 20.6 Å². The Bertz CT molecular complexity index is 1320. The number of carbonyl (C=O) groups excluding carboxylic acids is 2. The molecule has 2 atom stereocenters. The van der Waals surface area contributed by atoms with Crippen molar-refractivity contribution in [3.63, 3.8) is 0 Å². The van der Waals surface area contributed by atoms with E-state index in [0.29, 0.717) is 24.0 Å². The second-order valence-electron chi connectivity index (χ2n) is 9.93. The van der Waals surface area contributed by atoms with Gasteiger partial charge in [-0.1, -0.05) is 35.9 Å². The topological polar surface area (TPSA) is 117 Å². The van der Waals surface area contributed by atoms with Crippen LogP contribution in [0.2, 0.25) is 0 Å². The fourth-order valence-corrected chi connectivity index (χ4v) is 4.94. The highest BCUT2D eigenvalue weighted by molar-refractivity contribution is 6.00. The Morgan fingerprint density at radius 1 is 1.18 bits per heavy atom. The Balaban J connectivity index is 1.28. The maximum atomic E-state index is 13.3.